The van der Waals surface area contributed by atoms with Crippen LogP contribution < -0.4 is 10.1 Å². The number of hydrogen-bond acceptors (Lipinski definition) is 2. The van der Waals surface area contributed by atoms with E-state index in [0.29, 0.717) is 30.3 Å². The Hall–Kier alpha value is -0.640. The second-order valence-electron chi connectivity index (χ2n) is 4.78. The zero-order chi connectivity index (χ0) is 14.1. The van der Waals surface area contributed by atoms with Gasteiger partial charge in [0.05, 0.1) is 12.0 Å². The molecule has 1 saturated carbocycles. The van der Waals surface area contributed by atoms with Crippen molar-refractivity contribution in [2.24, 2.45) is 5.41 Å². The summed E-state index contributed by atoms with van der Waals surface area (Å²) < 4.78 is 4.52. The summed E-state index contributed by atoms with van der Waals surface area (Å²) in [7, 11) is 0. The highest BCUT2D eigenvalue weighted by atomic mass is 35.5. The van der Waals surface area contributed by atoms with Crippen LogP contribution in [0.1, 0.15) is 13.3 Å². The van der Waals surface area contributed by atoms with Crippen molar-refractivity contribution in [1.82, 2.24) is 5.32 Å². The minimum Gasteiger partial charge on any atom is -0.492 e. The quantitative estimate of drug-likeness (QED) is 0.666. The van der Waals surface area contributed by atoms with Crippen molar-refractivity contribution in [1.29, 1.82) is 0 Å². The molecular weight excluding hydrogens is 309 g/mol. The first kappa shape index (κ1) is 14.8. The van der Waals surface area contributed by atoms with Crippen LogP contribution in [0.15, 0.2) is 24.3 Å². The molecule has 1 aromatic rings. The first-order valence-corrected chi connectivity index (χ1v) is 7.03. The maximum absolute atomic E-state index is 11.9. The minimum atomic E-state index is -0.940. The van der Waals surface area contributed by atoms with E-state index in [9.17, 15) is 4.79 Å². The zero-order valence-electron chi connectivity index (χ0n) is 10.4. The molecule has 1 amide bonds. The van der Waals surface area contributed by atoms with Crippen molar-refractivity contribution < 1.29 is 9.53 Å². The van der Waals surface area contributed by atoms with Gasteiger partial charge in [0.1, 0.15) is 16.7 Å². The summed E-state index contributed by atoms with van der Waals surface area (Å²) in [6, 6.07) is 7.09. The van der Waals surface area contributed by atoms with Gasteiger partial charge in [-0.2, -0.15) is 0 Å². The van der Waals surface area contributed by atoms with Gasteiger partial charge in [0.15, 0.2) is 0 Å². The summed E-state index contributed by atoms with van der Waals surface area (Å²) in [6.45, 7) is 2.50. The van der Waals surface area contributed by atoms with Crippen LogP contribution in [0, 0.1) is 5.41 Å². The summed E-state index contributed by atoms with van der Waals surface area (Å²) in [5, 5.41) is 3.37. The molecule has 1 aliphatic carbocycles. The van der Waals surface area contributed by atoms with Gasteiger partial charge in [-0.1, -0.05) is 17.7 Å². The topological polar surface area (TPSA) is 38.3 Å². The van der Waals surface area contributed by atoms with Gasteiger partial charge in [-0.3, -0.25) is 4.79 Å². The third-order valence-corrected chi connectivity index (χ3v) is 4.55. The van der Waals surface area contributed by atoms with E-state index in [0.717, 1.165) is 0 Å². The number of alkyl halides is 2. The summed E-state index contributed by atoms with van der Waals surface area (Å²) >= 11 is 17.7. The van der Waals surface area contributed by atoms with Gasteiger partial charge in [0.25, 0.3) is 0 Å². The molecule has 0 radical (unpaired) electrons. The fourth-order valence-corrected chi connectivity index (χ4v) is 2.62. The lowest BCUT2D eigenvalue weighted by Gasteiger charge is -2.13. The van der Waals surface area contributed by atoms with E-state index >= 15 is 0 Å². The number of hydrogen-bond donors (Lipinski definition) is 1. The van der Waals surface area contributed by atoms with Crippen LogP contribution in [-0.4, -0.2) is 23.4 Å². The van der Waals surface area contributed by atoms with Gasteiger partial charge in [-0.25, -0.2) is 0 Å². The monoisotopic (exact) mass is 321 g/mol. The van der Waals surface area contributed by atoms with Crippen LogP contribution in [0.25, 0.3) is 0 Å². The van der Waals surface area contributed by atoms with Crippen molar-refractivity contribution in [2.45, 2.75) is 17.7 Å². The first-order chi connectivity index (χ1) is 8.85. The van der Waals surface area contributed by atoms with Crippen molar-refractivity contribution >= 4 is 40.7 Å². The van der Waals surface area contributed by atoms with Crippen molar-refractivity contribution in [3.05, 3.63) is 29.3 Å². The molecule has 6 heteroatoms. The van der Waals surface area contributed by atoms with E-state index in [4.69, 9.17) is 39.5 Å². The lowest BCUT2D eigenvalue weighted by atomic mass is 10.1. The second kappa shape index (κ2) is 5.39. The summed E-state index contributed by atoms with van der Waals surface area (Å²) in [5.74, 6) is 0.524. The normalized spacial score (nSPS) is 23.8. The molecule has 0 saturated heterocycles. The number of rotatable bonds is 5. The van der Waals surface area contributed by atoms with Crippen LogP contribution in [0.4, 0.5) is 0 Å². The Labute approximate surface area is 127 Å². The van der Waals surface area contributed by atoms with Crippen LogP contribution in [0.2, 0.25) is 5.02 Å². The summed E-state index contributed by atoms with van der Waals surface area (Å²) in [6.07, 6.45) is 0.476. The molecule has 3 nitrogen and oxygen atoms in total. The highest BCUT2D eigenvalue weighted by molar-refractivity contribution is 6.53. The molecule has 0 spiro atoms. The molecule has 2 rings (SSSR count). The van der Waals surface area contributed by atoms with Crippen molar-refractivity contribution in [3.63, 3.8) is 0 Å². The minimum absolute atomic E-state index is 0.146. The van der Waals surface area contributed by atoms with Gasteiger partial charge < -0.3 is 10.1 Å². The number of halogens is 3. The molecular formula is C13H14Cl3NO2. The Morgan fingerprint density at radius 3 is 2.74 bits per heavy atom. The molecule has 1 aromatic carbocycles. The van der Waals surface area contributed by atoms with Crippen LogP contribution >= 0.6 is 34.8 Å². The Morgan fingerprint density at radius 2 is 2.16 bits per heavy atom. The number of carbonyl (C=O) groups is 1. The van der Waals surface area contributed by atoms with Gasteiger partial charge in [-0.15, -0.1) is 23.2 Å². The van der Waals surface area contributed by atoms with Gasteiger partial charge in [0.2, 0.25) is 5.91 Å². The van der Waals surface area contributed by atoms with E-state index in [2.05, 4.69) is 5.32 Å². The third kappa shape index (κ3) is 3.28. The largest absolute Gasteiger partial charge is 0.492 e. The highest BCUT2D eigenvalue weighted by Gasteiger charge is 2.67. The van der Waals surface area contributed by atoms with E-state index in [-0.39, 0.29) is 5.91 Å². The number of amides is 1. The van der Waals surface area contributed by atoms with Crippen LogP contribution in [0.5, 0.6) is 5.75 Å². The average molecular weight is 323 g/mol. The molecule has 1 aliphatic rings. The summed E-state index contributed by atoms with van der Waals surface area (Å²) in [5.41, 5.74) is -0.688. The van der Waals surface area contributed by atoms with E-state index in [1.165, 1.54) is 0 Å². The molecule has 19 heavy (non-hydrogen) atoms. The Bertz CT molecular complexity index is 493. The van der Waals surface area contributed by atoms with E-state index in [1.54, 1.807) is 31.2 Å². The van der Waals surface area contributed by atoms with Gasteiger partial charge in [0, 0.05) is 5.02 Å². The van der Waals surface area contributed by atoms with Crippen LogP contribution in [-0.2, 0) is 4.79 Å². The Morgan fingerprint density at radius 1 is 1.47 bits per heavy atom. The molecule has 104 valence electrons. The standard InChI is InChI=1S/C13H14Cl3NO2/c1-12(8-13(12,15)16)11(18)17-5-6-19-10-4-2-3-9(14)7-10/h2-4,7H,5-6,8H2,1H3,(H,17,18). The van der Waals surface area contributed by atoms with Crippen LogP contribution in [0.3, 0.4) is 0 Å². The first-order valence-electron chi connectivity index (χ1n) is 5.90. The number of nitrogens with one attached hydrogen (secondary N) is 1. The zero-order valence-corrected chi connectivity index (χ0v) is 12.6. The predicted octanol–water partition coefficient (Wildman–Crippen LogP) is 3.42. The molecule has 1 atom stereocenters. The lowest BCUT2D eigenvalue weighted by Crippen LogP contribution is -2.35. The second-order valence-corrected chi connectivity index (χ2v) is 6.70. The SMILES string of the molecule is CC1(C(=O)NCCOc2cccc(Cl)c2)CC1(Cl)Cl. The maximum atomic E-state index is 11.9. The maximum Gasteiger partial charge on any atom is 0.229 e. The molecule has 1 N–H and O–H groups in total. The molecule has 1 unspecified atom stereocenters. The number of benzene rings is 1. The molecule has 0 bridgehead atoms. The number of ether oxygens (including phenoxy) is 1. The molecule has 0 aromatic heterocycles. The van der Waals surface area contributed by atoms with Crippen molar-refractivity contribution in [3.8, 4) is 5.75 Å². The smallest absolute Gasteiger partial charge is 0.229 e. The average Bonchev–Trinajstić information content (AvgIpc) is 2.85. The molecule has 0 aliphatic heterocycles. The Kier molecular flexibility index (Phi) is 4.19. The Balaban J connectivity index is 1.72. The van der Waals surface area contributed by atoms with E-state index < -0.39 is 9.75 Å². The fourth-order valence-electron chi connectivity index (χ4n) is 1.73. The fraction of sp³-hybridized carbons (Fsp3) is 0.462. The highest BCUT2D eigenvalue weighted by Crippen LogP contribution is 2.63. The summed E-state index contributed by atoms with van der Waals surface area (Å²) in [4.78, 5) is 11.9. The molecule has 0 heterocycles. The third-order valence-electron chi connectivity index (χ3n) is 3.21. The lowest BCUT2D eigenvalue weighted by molar-refractivity contribution is -0.125. The van der Waals surface area contributed by atoms with Crippen molar-refractivity contribution in [2.75, 3.05) is 13.2 Å². The predicted molar refractivity (Wildman–Crippen MR) is 77.1 cm³/mol. The molecule has 1 fully saturated rings. The van der Waals surface area contributed by atoms with Gasteiger partial charge >= 0.3 is 0 Å². The van der Waals surface area contributed by atoms with E-state index in [1.807, 2.05) is 0 Å². The number of carbonyl (C=O) groups excluding carboxylic acids is 1. The van der Waals surface area contributed by atoms with Gasteiger partial charge in [-0.05, 0) is 31.5 Å².